The molecular weight excluding hydrogens is 254 g/mol. The SMILES string of the molecule is COC(=O)C[C@H](C)NC(=O)[C@H]1C[C@@H]1c1cccc(C)c1. The Kier molecular flexibility index (Phi) is 4.42. The molecule has 1 fully saturated rings. The van der Waals surface area contributed by atoms with Crippen LogP contribution in [0.1, 0.15) is 36.8 Å². The summed E-state index contributed by atoms with van der Waals surface area (Å²) in [6.07, 6.45) is 1.10. The van der Waals surface area contributed by atoms with E-state index in [4.69, 9.17) is 0 Å². The fourth-order valence-corrected chi connectivity index (χ4v) is 2.49. The van der Waals surface area contributed by atoms with Crippen molar-refractivity contribution in [1.29, 1.82) is 0 Å². The number of amides is 1. The average Bonchev–Trinajstić information content (AvgIpc) is 3.18. The molecule has 4 nitrogen and oxygen atoms in total. The van der Waals surface area contributed by atoms with Crippen LogP contribution in [0.15, 0.2) is 24.3 Å². The maximum absolute atomic E-state index is 12.1. The summed E-state index contributed by atoms with van der Waals surface area (Å²) in [4.78, 5) is 23.2. The van der Waals surface area contributed by atoms with E-state index in [0.29, 0.717) is 5.92 Å². The molecule has 0 heterocycles. The minimum absolute atomic E-state index is 0.0351. The van der Waals surface area contributed by atoms with Gasteiger partial charge < -0.3 is 10.1 Å². The van der Waals surface area contributed by atoms with Crippen LogP contribution in [0.25, 0.3) is 0 Å². The molecule has 108 valence electrons. The van der Waals surface area contributed by atoms with Crippen molar-refractivity contribution in [1.82, 2.24) is 5.32 Å². The molecule has 0 unspecified atom stereocenters. The number of carbonyl (C=O) groups is 2. The first-order chi connectivity index (χ1) is 9.51. The topological polar surface area (TPSA) is 55.4 Å². The number of ether oxygens (including phenoxy) is 1. The summed E-state index contributed by atoms with van der Waals surface area (Å²) in [5.41, 5.74) is 2.44. The maximum Gasteiger partial charge on any atom is 0.307 e. The Hall–Kier alpha value is -1.84. The molecule has 1 aromatic rings. The molecule has 0 saturated heterocycles. The van der Waals surface area contributed by atoms with E-state index >= 15 is 0 Å². The highest BCUT2D eigenvalue weighted by molar-refractivity contribution is 5.83. The quantitative estimate of drug-likeness (QED) is 0.838. The number of hydrogen-bond donors (Lipinski definition) is 1. The van der Waals surface area contributed by atoms with Crippen molar-refractivity contribution < 1.29 is 14.3 Å². The number of aryl methyl sites for hydroxylation is 1. The van der Waals surface area contributed by atoms with Gasteiger partial charge in [-0.1, -0.05) is 29.8 Å². The third-order valence-electron chi connectivity index (χ3n) is 3.69. The highest BCUT2D eigenvalue weighted by atomic mass is 16.5. The molecule has 1 saturated carbocycles. The summed E-state index contributed by atoms with van der Waals surface area (Å²) in [5, 5.41) is 2.88. The predicted molar refractivity (Wildman–Crippen MR) is 76.3 cm³/mol. The molecule has 1 N–H and O–H groups in total. The second-order valence-corrected chi connectivity index (χ2v) is 5.55. The lowest BCUT2D eigenvalue weighted by atomic mass is 10.1. The minimum Gasteiger partial charge on any atom is -0.469 e. The van der Waals surface area contributed by atoms with Crippen LogP contribution in [0.4, 0.5) is 0 Å². The molecule has 4 heteroatoms. The monoisotopic (exact) mass is 275 g/mol. The lowest BCUT2D eigenvalue weighted by Gasteiger charge is -2.12. The van der Waals surface area contributed by atoms with E-state index in [-0.39, 0.29) is 30.3 Å². The first kappa shape index (κ1) is 14.6. The van der Waals surface area contributed by atoms with Crippen LogP contribution in [0, 0.1) is 12.8 Å². The number of nitrogens with one attached hydrogen (secondary N) is 1. The van der Waals surface area contributed by atoms with Gasteiger partial charge in [-0.15, -0.1) is 0 Å². The van der Waals surface area contributed by atoms with E-state index < -0.39 is 0 Å². The van der Waals surface area contributed by atoms with Gasteiger partial charge in [0.15, 0.2) is 0 Å². The third-order valence-corrected chi connectivity index (χ3v) is 3.69. The molecule has 0 radical (unpaired) electrons. The molecule has 0 bridgehead atoms. The Labute approximate surface area is 119 Å². The summed E-state index contributed by atoms with van der Waals surface area (Å²) in [7, 11) is 1.35. The first-order valence-corrected chi connectivity index (χ1v) is 6.95. The second kappa shape index (κ2) is 6.07. The summed E-state index contributed by atoms with van der Waals surface area (Å²) in [5.74, 6) is 0.0915. The molecule has 1 aromatic carbocycles. The van der Waals surface area contributed by atoms with Gasteiger partial charge in [0.2, 0.25) is 5.91 Å². The van der Waals surface area contributed by atoms with Gasteiger partial charge in [-0.2, -0.15) is 0 Å². The van der Waals surface area contributed by atoms with Crippen molar-refractivity contribution in [2.45, 2.75) is 38.6 Å². The van der Waals surface area contributed by atoms with Gasteiger partial charge in [0.1, 0.15) is 0 Å². The maximum atomic E-state index is 12.1. The number of carbonyl (C=O) groups excluding carboxylic acids is 2. The third kappa shape index (κ3) is 3.59. The molecule has 1 aliphatic rings. The second-order valence-electron chi connectivity index (χ2n) is 5.55. The molecule has 2 rings (SSSR count). The molecule has 0 spiro atoms. The number of hydrogen-bond acceptors (Lipinski definition) is 3. The normalized spacial score (nSPS) is 21.9. The highest BCUT2D eigenvalue weighted by Crippen LogP contribution is 2.47. The van der Waals surface area contributed by atoms with Gasteiger partial charge >= 0.3 is 5.97 Å². The minimum atomic E-state index is -0.302. The van der Waals surface area contributed by atoms with Crippen LogP contribution in [0.5, 0.6) is 0 Å². The summed E-state index contributed by atoms with van der Waals surface area (Å²) in [6, 6.07) is 8.10. The van der Waals surface area contributed by atoms with Crippen LogP contribution in [-0.2, 0) is 14.3 Å². The smallest absolute Gasteiger partial charge is 0.307 e. The summed E-state index contributed by atoms with van der Waals surface area (Å²) >= 11 is 0. The van der Waals surface area contributed by atoms with Crippen LogP contribution in [-0.4, -0.2) is 25.0 Å². The Morgan fingerprint density at radius 2 is 2.20 bits per heavy atom. The molecule has 0 aliphatic heterocycles. The Morgan fingerprint density at radius 3 is 2.85 bits per heavy atom. The fraction of sp³-hybridized carbons (Fsp3) is 0.500. The lowest BCUT2D eigenvalue weighted by molar-refractivity contribution is -0.141. The molecule has 1 amide bonds. The number of esters is 1. The van der Waals surface area contributed by atoms with Crippen molar-refractivity contribution in [3.63, 3.8) is 0 Å². The molecule has 3 atom stereocenters. The van der Waals surface area contributed by atoms with Gasteiger partial charge in [0.25, 0.3) is 0 Å². The Balaban J connectivity index is 1.85. The van der Waals surface area contributed by atoms with Gasteiger partial charge in [0.05, 0.1) is 13.5 Å². The van der Waals surface area contributed by atoms with E-state index in [0.717, 1.165) is 6.42 Å². The molecule has 20 heavy (non-hydrogen) atoms. The number of benzene rings is 1. The van der Waals surface area contributed by atoms with E-state index in [1.54, 1.807) is 0 Å². The van der Waals surface area contributed by atoms with E-state index in [2.05, 4.69) is 35.2 Å². The standard InChI is InChI=1S/C16H21NO3/c1-10-5-4-6-12(7-10)13-9-14(13)16(19)17-11(2)8-15(18)20-3/h4-7,11,13-14H,8-9H2,1-3H3,(H,17,19)/t11-,13+,14-/m0/s1. The van der Waals surface area contributed by atoms with E-state index in [1.165, 1.54) is 18.2 Å². The Bertz CT molecular complexity index is 512. The molecular formula is C16H21NO3. The van der Waals surface area contributed by atoms with Crippen LogP contribution < -0.4 is 5.32 Å². The van der Waals surface area contributed by atoms with Crippen LogP contribution >= 0.6 is 0 Å². The first-order valence-electron chi connectivity index (χ1n) is 6.95. The fourth-order valence-electron chi connectivity index (χ4n) is 2.49. The van der Waals surface area contributed by atoms with Crippen LogP contribution in [0.2, 0.25) is 0 Å². The predicted octanol–water partition coefficient (Wildman–Crippen LogP) is 2.17. The van der Waals surface area contributed by atoms with Gasteiger partial charge in [-0.3, -0.25) is 9.59 Å². The van der Waals surface area contributed by atoms with Gasteiger partial charge in [-0.25, -0.2) is 0 Å². The number of rotatable bonds is 5. The van der Waals surface area contributed by atoms with Crippen LogP contribution in [0.3, 0.4) is 0 Å². The average molecular weight is 275 g/mol. The molecule has 1 aliphatic carbocycles. The van der Waals surface area contributed by atoms with E-state index in [9.17, 15) is 9.59 Å². The summed E-state index contributed by atoms with van der Waals surface area (Å²) in [6.45, 7) is 3.87. The van der Waals surface area contributed by atoms with Crippen molar-refractivity contribution in [2.24, 2.45) is 5.92 Å². The largest absolute Gasteiger partial charge is 0.469 e. The van der Waals surface area contributed by atoms with Gasteiger partial charge in [0, 0.05) is 12.0 Å². The molecule has 0 aromatic heterocycles. The number of methoxy groups -OCH3 is 1. The van der Waals surface area contributed by atoms with Crippen molar-refractivity contribution in [2.75, 3.05) is 7.11 Å². The summed E-state index contributed by atoms with van der Waals surface area (Å²) < 4.78 is 4.59. The van der Waals surface area contributed by atoms with Crippen molar-refractivity contribution in [3.8, 4) is 0 Å². The zero-order chi connectivity index (χ0) is 14.7. The van der Waals surface area contributed by atoms with Gasteiger partial charge in [-0.05, 0) is 31.7 Å². The van der Waals surface area contributed by atoms with Crippen molar-refractivity contribution in [3.05, 3.63) is 35.4 Å². The van der Waals surface area contributed by atoms with E-state index in [1.807, 2.05) is 13.0 Å². The van der Waals surface area contributed by atoms with Crippen molar-refractivity contribution >= 4 is 11.9 Å². The lowest BCUT2D eigenvalue weighted by Crippen LogP contribution is -2.35. The zero-order valence-corrected chi connectivity index (χ0v) is 12.2. The highest BCUT2D eigenvalue weighted by Gasteiger charge is 2.44. The Morgan fingerprint density at radius 1 is 1.45 bits per heavy atom. The zero-order valence-electron chi connectivity index (χ0n) is 12.2.